The Labute approximate surface area is 157 Å². The fourth-order valence-corrected chi connectivity index (χ4v) is 2.98. The van der Waals surface area contributed by atoms with Gasteiger partial charge in [0.25, 0.3) is 17.2 Å². The van der Waals surface area contributed by atoms with Crippen molar-refractivity contribution < 1.29 is 4.79 Å². The third kappa shape index (κ3) is 2.64. The summed E-state index contributed by atoms with van der Waals surface area (Å²) >= 11 is 0. The van der Waals surface area contributed by atoms with Crippen LogP contribution < -0.4 is 16.6 Å². The standard InChI is InChI=1S/C17H16N8O3/c1-8-5-9(2)25-16(19-8)21-12(22-25)14(26)20-10-6-11-13(18-7-10)23(3)17(28)24(4)15(11)27/h5-7H,1-4H3,(H,20,26). The van der Waals surface area contributed by atoms with Gasteiger partial charge in [0.05, 0.1) is 17.3 Å². The molecular weight excluding hydrogens is 364 g/mol. The lowest BCUT2D eigenvalue weighted by molar-refractivity contribution is 0.101. The van der Waals surface area contributed by atoms with Crippen molar-refractivity contribution in [3.05, 3.63) is 56.4 Å². The minimum atomic E-state index is -0.564. The molecule has 4 aromatic heterocycles. The number of aryl methyl sites for hydroxylation is 3. The Bertz CT molecular complexity index is 1400. The Hall–Kier alpha value is -3.89. The molecule has 11 heteroatoms. The lowest BCUT2D eigenvalue weighted by Gasteiger charge is -2.08. The highest BCUT2D eigenvalue weighted by Gasteiger charge is 2.17. The summed E-state index contributed by atoms with van der Waals surface area (Å²) in [5.41, 5.74) is 1.10. The zero-order valence-corrected chi connectivity index (χ0v) is 15.6. The zero-order valence-electron chi connectivity index (χ0n) is 15.6. The number of hydrogen-bond acceptors (Lipinski definition) is 7. The van der Waals surface area contributed by atoms with Gasteiger partial charge < -0.3 is 5.32 Å². The van der Waals surface area contributed by atoms with E-state index in [0.717, 1.165) is 16.0 Å². The molecule has 0 aliphatic heterocycles. The van der Waals surface area contributed by atoms with E-state index in [-0.39, 0.29) is 22.5 Å². The summed E-state index contributed by atoms with van der Waals surface area (Å²) in [4.78, 5) is 49.4. The molecule has 0 aromatic carbocycles. The first-order valence-corrected chi connectivity index (χ1v) is 8.34. The summed E-state index contributed by atoms with van der Waals surface area (Å²) in [6, 6.07) is 3.29. The van der Waals surface area contributed by atoms with Crippen molar-refractivity contribution in [2.45, 2.75) is 13.8 Å². The fourth-order valence-electron chi connectivity index (χ4n) is 2.98. The molecule has 4 rings (SSSR count). The minimum absolute atomic E-state index is 0.0605. The number of carbonyl (C=O) groups excluding carboxylic acids is 1. The second-order valence-electron chi connectivity index (χ2n) is 6.44. The SMILES string of the molecule is Cc1cc(C)n2nc(C(=O)Nc3cnc4c(c3)c(=O)n(C)c(=O)n4C)nc2n1. The van der Waals surface area contributed by atoms with Crippen molar-refractivity contribution in [2.24, 2.45) is 14.1 Å². The summed E-state index contributed by atoms with van der Waals surface area (Å²) < 4.78 is 3.73. The third-order valence-corrected chi connectivity index (χ3v) is 4.37. The smallest absolute Gasteiger partial charge is 0.318 e. The molecule has 142 valence electrons. The van der Waals surface area contributed by atoms with Crippen molar-refractivity contribution >= 4 is 28.4 Å². The molecular formula is C17H16N8O3. The molecule has 0 spiro atoms. The lowest BCUT2D eigenvalue weighted by atomic mass is 10.3. The summed E-state index contributed by atoms with van der Waals surface area (Å²) in [6.45, 7) is 3.67. The molecule has 0 bridgehead atoms. The van der Waals surface area contributed by atoms with Crippen LogP contribution in [-0.2, 0) is 14.1 Å². The average Bonchev–Trinajstić information content (AvgIpc) is 3.09. The van der Waals surface area contributed by atoms with E-state index in [1.807, 2.05) is 19.9 Å². The number of rotatable bonds is 2. The molecule has 1 N–H and O–H groups in total. The predicted molar refractivity (Wildman–Crippen MR) is 100 cm³/mol. The maximum atomic E-state index is 12.5. The second-order valence-corrected chi connectivity index (χ2v) is 6.44. The summed E-state index contributed by atoms with van der Waals surface area (Å²) in [5, 5.41) is 7.00. The first kappa shape index (κ1) is 17.5. The van der Waals surface area contributed by atoms with E-state index in [1.54, 1.807) is 0 Å². The molecule has 0 saturated carbocycles. The number of aromatic nitrogens is 7. The highest BCUT2D eigenvalue weighted by Crippen LogP contribution is 2.13. The van der Waals surface area contributed by atoms with E-state index < -0.39 is 17.2 Å². The molecule has 0 radical (unpaired) electrons. The number of carbonyl (C=O) groups is 1. The number of nitrogens with zero attached hydrogens (tertiary/aromatic N) is 7. The Morgan fingerprint density at radius 1 is 1.07 bits per heavy atom. The molecule has 0 fully saturated rings. The Morgan fingerprint density at radius 3 is 2.57 bits per heavy atom. The van der Waals surface area contributed by atoms with Gasteiger partial charge in [0.2, 0.25) is 5.82 Å². The molecule has 0 atom stereocenters. The first-order chi connectivity index (χ1) is 13.3. The highest BCUT2D eigenvalue weighted by molar-refractivity contribution is 6.02. The number of anilines is 1. The largest absolute Gasteiger partial charge is 0.332 e. The van der Waals surface area contributed by atoms with Crippen LogP contribution in [0, 0.1) is 13.8 Å². The minimum Gasteiger partial charge on any atom is -0.318 e. The van der Waals surface area contributed by atoms with Crippen LogP contribution in [0.3, 0.4) is 0 Å². The van der Waals surface area contributed by atoms with Gasteiger partial charge in [0.15, 0.2) is 0 Å². The molecule has 11 nitrogen and oxygen atoms in total. The monoisotopic (exact) mass is 380 g/mol. The number of hydrogen-bond donors (Lipinski definition) is 1. The van der Waals surface area contributed by atoms with Crippen LogP contribution >= 0.6 is 0 Å². The molecule has 0 unspecified atom stereocenters. The van der Waals surface area contributed by atoms with E-state index >= 15 is 0 Å². The van der Waals surface area contributed by atoms with Gasteiger partial charge in [-0.1, -0.05) is 0 Å². The van der Waals surface area contributed by atoms with Crippen LogP contribution in [0.2, 0.25) is 0 Å². The van der Waals surface area contributed by atoms with Crippen LogP contribution in [-0.4, -0.2) is 39.6 Å². The van der Waals surface area contributed by atoms with Gasteiger partial charge in [-0.15, -0.1) is 5.10 Å². The number of pyridine rings is 1. The van der Waals surface area contributed by atoms with Crippen LogP contribution in [0.25, 0.3) is 16.8 Å². The molecule has 0 aliphatic carbocycles. The van der Waals surface area contributed by atoms with Gasteiger partial charge in [0, 0.05) is 25.5 Å². The van der Waals surface area contributed by atoms with Gasteiger partial charge in [-0.25, -0.2) is 19.3 Å². The molecule has 28 heavy (non-hydrogen) atoms. The van der Waals surface area contributed by atoms with Crippen LogP contribution in [0.15, 0.2) is 27.9 Å². The van der Waals surface area contributed by atoms with Crippen LogP contribution in [0.5, 0.6) is 0 Å². The second kappa shape index (κ2) is 6.08. The van der Waals surface area contributed by atoms with E-state index in [0.29, 0.717) is 5.78 Å². The van der Waals surface area contributed by atoms with Gasteiger partial charge in [-0.2, -0.15) is 4.98 Å². The number of nitrogens with one attached hydrogen (secondary N) is 1. The van der Waals surface area contributed by atoms with E-state index in [2.05, 4.69) is 25.4 Å². The van der Waals surface area contributed by atoms with Crippen LogP contribution in [0.1, 0.15) is 22.0 Å². The van der Waals surface area contributed by atoms with E-state index in [1.165, 1.54) is 35.4 Å². The van der Waals surface area contributed by atoms with Crippen molar-refractivity contribution in [3.8, 4) is 0 Å². The van der Waals surface area contributed by atoms with Crippen molar-refractivity contribution in [1.82, 2.24) is 33.7 Å². The van der Waals surface area contributed by atoms with Gasteiger partial charge in [-0.3, -0.25) is 18.7 Å². The van der Waals surface area contributed by atoms with Crippen molar-refractivity contribution in [3.63, 3.8) is 0 Å². The van der Waals surface area contributed by atoms with Gasteiger partial charge >= 0.3 is 5.69 Å². The molecule has 4 aromatic rings. The highest BCUT2D eigenvalue weighted by atomic mass is 16.2. The average molecular weight is 380 g/mol. The quantitative estimate of drug-likeness (QED) is 0.516. The normalized spacial score (nSPS) is 11.3. The molecule has 0 saturated heterocycles. The predicted octanol–water partition coefficient (Wildman–Crippen LogP) is -0.0610. The third-order valence-electron chi connectivity index (χ3n) is 4.37. The number of amides is 1. The summed E-state index contributed by atoms with van der Waals surface area (Å²) in [6.07, 6.45) is 1.36. The molecule has 4 heterocycles. The number of fused-ring (bicyclic) bond motifs is 2. The summed E-state index contributed by atoms with van der Waals surface area (Å²) in [7, 11) is 2.90. The Morgan fingerprint density at radius 2 is 1.82 bits per heavy atom. The molecule has 0 aliphatic rings. The van der Waals surface area contributed by atoms with Crippen LogP contribution in [0.4, 0.5) is 5.69 Å². The fraction of sp³-hybridized carbons (Fsp3) is 0.235. The first-order valence-electron chi connectivity index (χ1n) is 8.34. The summed E-state index contributed by atoms with van der Waals surface area (Å²) in [5.74, 6) is -0.303. The Kier molecular flexibility index (Phi) is 3.80. The maximum absolute atomic E-state index is 12.5. The Balaban J connectivity index is 1.74. The van der Waals surface area contributed by atoms with E-state index in [4.69, 9.17) is 0 Å². The van der Waals surface area contributed by atoms with Crippen molar-refractivity contribution in [1.29, 1.82) is 0 Å². The van der Waals surface area contributed by atoms with Gasteiger partial charge in [-0.05, 0) is 26.0 Å². The van der Waals surface area contributed by atoms with E-state index in [9.17, 15) is 14.4 Å². The zero-order chi connectivity index (χ0) is 20.2. The topological polar surface area (TPSA) is 129 Å². The lowest BCUT2D eigenvalue weighted by Crippen LogP contribution is -2.37. The van der Waals surface area contributed by atoms with Crippen molar-refractivity contribution in [2.75, 3.05) is 5.32 Å². The maximum Gasteiger partial charge on any atom is 0.332 e. The van der Waals surface area contributed by atoms with Gasteiger partial charge in [0.1, 0.15) is 5.65 Å². The molecule has 1 amide bonds.